The fraction of sp³-hybridized carbons (Fsp3) is 0.0192. The number of hydrogen-bond donors (Lipinski definition) is 0. The molecule has 2 aliphatic rings. The summed E-state index contributed by atoms with van der Waals surface area (Å²) in [5.41, 5.74) is 12.8. The van der Waals surface area contributed by atoms with E-state index in [4.69, 9.17) is 19.7 Å². The van der Waals surface area contributed by atoms with Gasteiger partial charge in [-0.05, 0) is 52.6 Å². The van der Waals surface area contributed by atoms with Crippen LogP contribution in [0.1, 0.15) is 22.3 Å². The van der Waals surface area contributed by atoms with E-state index in [2.05, 4.69) is 138 Å². The molecule has 5 heteroatoms. The van der Waals surface area contributed by atoms with E-state index >= 15 is 0 Å². The molecule has 0 unspecified atom stereocenters. The van der Waals surface area contributed by atoms with Gasteiger partial charge in [0, 0.05) is 38.9 Å². The summed E-state index contributed by atoms with van der Waals surface area (Å²) in [5, 5.41) is 2.21. The Labute approximate surface area is 329 Å². The molecule has 2 aromatic heterocycles. The van der Waals surface area contributed by atoms with Crippen LogP contribution in [0.5, 0.6) is 11.5 Å². The van der Waals surface area contributed by atoms with E-state index in [1.165, 1.54) is 22.3 Å². The average Bonchev–Trinajstić information content (AvgIpc) is 3.78. The molecule has 1 spiro atoms. The fourth-order valence-corrected chi connectivity index (χ4v) is 9.37. The number of ether oxygens (including phenoxy) is 1. The molecule has 8 aromatic carbocycles. The van der Waals surface area contributed by atoms with Crippen molar-refractivity contribution in [3.63, 3.8) is 0 Å². The van der Waals surface area contributed by atoms with E-state index in [0.29, 0.717) is 17.5 Å². The standard InChI is InChI=1S/C52H32N4O/c1-3-16-33(17-4-1)49-53-50(34-18-5-2-6-19-34)55-51(54-49)35-20-15-21-36(32-35)56-44-28-13-9-24-39(44)47-45(56)31-30-43-48(47)57-46-29-14-12-27-42(46)52(43)40-25-10-7-22-37(40)38-23-8-11-26-41(38)52/h1-32H. The van der Waals surface area contributed by atoms with Crippen molar-refractivity contribution in [2.75, 3.05) is 0 Å². The van der Waals surface area contributed by atoms with Crippen LogP contribution in [0.2, 0.25) is 0 Å². The van der Waals surface area contributed by atoms with Crippen LogP contribution in [0.25, 0.3) is 72.8 Å². The first-order valence-corrected chi connectivity index (χ1v) is 19.3. The predicted molar refractivity (Wildman–Crippen MR) is 228 cm³/mol. The zero-order chi connectivity index (χ0) is 37.5. The van der Waals surface area contributed by atoms with Crippen LogP contribution in [0.3, 0.4) is 0 Å². The highest BCUT2D eigenvalue weighted by molar-refractivity contribution is 6.13. The second-order valence-electron chi connectivity index (χ2n) is 14.7. The smallest absolute Gasteiger partial charge is 0.164 e. The Kier molecular flexibility index (Phi) is 6.78. The SMILES string of the molecule is c1ccc(-c2nc(-c3ccccc3)nc(-c3cccc(-n4c5ccccc5c5c6c(ccc54)C4(c5ccccc5O6)c5ccccc5-c5ccccc54)c3)n2)cc1. The first kappa shape index (κ1) is 31.7. The summed E-state index contributed by atoms with van der Waals surface area (Å²) in [6.45, 7) is 0. The summed E-state index contributed by atoms with van der Waals surface area (Å²) in [7, 11) is 0. The summed E-state index contributed by atoms with van der Waals surface area (Å²) in [6.07, 6.45) is 0. The Hall–Kier alpha value is -7.63. The molecule has 0 radical (unpaired) electrons. The lowest BCUT2D eigenvalue weighted by molar-refractivity contribution is 0.442. The molecule has 0 amide bonds. The highest BCUT2D eigenvalue weighted by Crippen LogP contribution is 2.63. The topological polar surface area (TPSA) is 52.8 Å². The Bertz CT molecular complexity index is 3120. The highest BCUT2D eigenvalue weighted by atomic mass is 16.5. The second-order valence-corrected chi connectivity index (χ2v) is 14.7. The summed E-state index contributed by atoms with van der Waals surface area (Å²) >= 11 is 0. The van der Waals surface area contributed by atoms with Gasteiger partial charge in [-0.15, -0.1) is 0 Å². The monoisotopic (exact) mass is 728 g/mol. The van der Waals surface area contributed by atoms with E-state index in [0.717, 1.165) is 66.8 Å². The van der Waals surface area contributed by atoms with Gasteiger partial charge in [0.2, 0.25) is 0 Å². The van der Waals surface area contributed by atoms with Crippen molar-refractivity contribution >= 4 is 21.8 Å². The minimum Gasteiger partial charge on any atom is -0.456 e. The Morgan fingerprint density at radius 1 is 0.404 bits per heavy atom. The van der Waals surface area contributed by atoms with Gasteiger partial charge in [0.1, 0.15) is 11.5 Å². The average molecular weight is 729 g/mol. The van der Waals surface area contributed by atoms with Gasteiger partial charge >= 0.3 is 0 Å². The first-order chi connectivity index (χ1) is 28.3. The summed E-state index contributed by atoms with van der Waals surface area (Å²) in [5.74, 6) is 3.65. The van der Waals surface area contributed by atoms with Gasteiger partial charge in [0.25, 0.3) is 0 Å². The van der Waals surface area contributed by atoms with Crippen LogP contribution in [0.15, 0.2) is 194 Å². The maximum Gasteiger partial charge on any atom is 0.164 e. The van der Waals surface area contributed by atoms with Gasteiger partial charge in [-0.2, -0.15) is 0 Å². The van der Waals surface area contributed by atoms with E-state index in [1.54, 1.807) is 0 Å². The van der Waals surface area contributed by atoms with Crippen LogP contribution >= 0.6 is 0 Å². The van der Waals surface area contributed by atoms with Crippen molar-refractivity contribution < 1.29 is 4.74 Å². The molecule has 1 aliphatic heterocycles. The predicted octanol–water partition coefficient (Wildman–Crippen LogP) is 12.4. The van der Waals surface area contributed by atoms with E-state index < -0.39 is 5.41 Å². The molecule has 1 aliphatic carbocycles. The summed E-state index contributed by atoms with van der Waals surface area (Å²) < 4.78 is 9.47. The van der Waals surface area contributed by atoms with Gasteiger partial charge in [-0.3, -0.25) is 0 Å². The minimum absolute atomic E-state index is 0.541. The maximum atomic E-state index is 7.13. The number of rotatable bonds is 4. The van der Waals surface area contributed by atoms with Gasteiger partial charge in [0.05, 0.1) is 21.8 Å². The normalized spacial score (nSPS) is 13.2. The first-order valence-electron chi connectivity index (χ1n) is 19.3. The largest absolute Gasteiger partial charge is 0.456 e. The molecule has 12 rings (SSSR count). The molecule has 0 saturated carbocycles. The van der Waals surface area contributed by atoms with E-state index in [-0.39, 0.29) is 0 Å². The molecule has 0 N–H and O–H groups in total. The second kappa shape index (κ2) is 12.2. The van der Waals surface area contributed by atoms with Crippen molar-refractivity contribution in [1.82, 2.24) is 19.5 Å². The number of benzene rings is 8. The van der Waals surface area contributed by atoms with Crippen molar-refractivity contribution in [2.24, 2.45) is 0 Å². The van der Waals surface area contributed by atoms with Crippen molar-refractivity contribution in [3.05, 3.63) is 216 Å². The molecule has 57 heavy (non-hydrogen) atoms. The number of hydrogen-bond acceptors (Lipinski definition) is 4. The maximum absolute atomic E-state index is 7.13. The van der Waals surface area contributed by atoms with Gasteiger partial charge in [0.15, 0.2) is 17.5 Å². The molecule has 0 bridgehead atoms. The number of fused-ring (bicyclic) bond motifs is 13. The molecule has 0 fully saturated rings. The summed E-state index contributed by atoms with van der Waals surface area (Å²) in [4.78, 5) is 15.0. The molecule has 0 atom stereocenters. The van der Waals surface area contributed by atoms with Crippen LogP contribution < -0.4 is 4.74 Å². The third kappa shape index (κ3) is 4.54. The van der Waals surface area contributed by atoms with Crippen LogP contribution in [0.4, 0.5) is 0 Å². The lowest BCUT2D eigenvalue weighted by atomic mass is 9.66. The lowest BCUT2D eigenvalue weighted by Gasteiger charge is -2.39. The lowest BCUT2D eigenvalue weighted by Crippen LogP contribution is -2.32. The molecule has 0 saturated heterocycles. The van der Waals surface area contributed by atoms with Crippen LogP contribution in [-0.4, -0.2) is 19.5 Å². The quantitative estimate of drug-likeness (QED) is 0.181. The number of aromatic nitrogens is 4. The van der Waals surface area contributed by atoms with Crippen LogP contribution in [-0.2, 0) is 5.41 Å². The Morgan fingerprint density at radius 2 is 0.947 bits per heavy atom. The van der Waals surface area contributed by atoms with Gasteiger partial charge in [-0.25, -0.2) is 15.0 Å². The molecular weight excluding hydrogens is 697 g/mol. The number of para-hydroxylation sites is 2. The van der Waals surface area contributed by atoms with E-state index in [1.807, 2.05) is 60.7 Å². The zero-order valence-corrected chi connectivity index (χ0v) is 30.7. The number of nitrogens with zero attached hydrogens (tertiary/aromatic N) is 4. The van der Waals surface area contributed by atoms with Crippen molar-refractivity contribution in [2.45, 2.75) is 5.41 Å². The molecule has 10 aromatic rings. The third-order valence-electron chi connectivity index (χ3n) is 11.7. The van der Waals surface area contributed by atoms with Crippen LogP contribution in [0, 0.1) is 0 Å². The Balaban J connectivity index is 1.10. The van der Waals surface area contributed by atoms with Gasteiger partial charge < -0.3 is 9.30 Å². The van der Waals surface area contributed by atoms with Crippen molar-refractivity contribution in [3.8, 4) is 62.5 Å². The van der Waals surface area contributed by atoms with E-state index in [9.17, 15) is 0 Å². The third-order valence-corrected chi connectivity index (χ3v) is 11.7. The van der Waals surface area contributed by atoms with Crippen molar-refractivity contribution in [1.29, 1.82) is 0 Å². The Morgan fingerprint density at radius 3 is 1.63 bits per heavy atom. The molecule has 3 heterocycles. The minimum atomic E-state index is -0.541. The fourth-order valence-electron chi connectivity index (χ4n) is 9.37. The highest BCUT2D eigenvalue weighted by Gasteiger charge is 2.51. The van der Waals surface area contributed by atoms with Gasteiger partial charge in [-0.1, -0.05) is 164 Å². The molecular formula is C52H32N4O. The molecule has 5 nitrogen and oxygen atoms in total. The summed E-state index contributed by atoms with van der Waals surface area (Å²) in [6, 6.07) is 68.3. The molecule has 266 valence electrons. The zero-order valence-electron chi connectivity index (χ0n) is 30.7.